The Morgan fingerprint density at radius 3 is 2.21 bits per heavy atom. The Morgan fingerprint density at radius 2 is 1.61 bits per heavy atom. The molecular weight excluding hydrogens is 438 g/mol. The number of rotatable bonds is 6. The molecule has 1 aromatic heterocycles. The van der Waals surface area contributed by atoms with E-state index in [1.54, 1.807) is 7.11 Å². The number of aromatic amines is 1. The van der Waals surface area contributed by atoms with Crippen LogP contribution in [0.25, 0.3) is 11.6 Å². The van der Waals surface area contributed by atoms with Crippen LogP contribution in [-0.2, 0) is 10.1 Å². The fraction of sp³-hybridized carbons (Fsp3) is 0.269. The van der Waals surface area contributed by atoms with Gasteiger partial charge in [0.1, 0.15) is 0 Å². The van der Waals surface area contributed by atoms with Gasteiger partial charge in [-0.2, -0.15) is 0 Å². The minimum Gasteiger partial charge on any atom is -0.748 e. The molecule has 3 aromatic rings. The van der Waals surface area contributed by atoms with Crippen LogP contribution in [-0.4, -0.2) is 32.4 Å². The minimum absolute atomic E-state index is 0.290. The molecule has 1 saturated carbocycles. The molecule has 1 fully saturated rings. The maximum atomic E-state index is 9.08. The molecule has 0 saturated heterocycles. The fourth-order valence-corrected chi connectivity index (χ4v) is 3.74. The van der Waals surface area contributed by atoms with Crippen molar-refractivity contribution in [2.24, 2.45) is 0 Å². The fourth-order valence-electron chi connectivity index (χ4n) is 3.74. The van der Waals surface area contributed by atoms with Crippen molar-refractivity contribution in [3.05, 3.63) is 89.7 Å². The van der Waals surface area contributed by atoms with Crippen LogP contribution in [0.5, 0.6) is 11.5 Å². The second-order valence-electron chi connectivity index (χ2n) is 7.85. The topological polar surface area (TPSA) is 89.8 Å². The quantitative estimate of drug-likeness (QED) is 0.495. The van der Waals surface area contributed by atoms with Crippen molar-refractivity contribution < 1.29 is 27.4 Å². The highest BCUT2D eigenvalue weighted by atomic mass is 32.2. The van der Waals surface area contributed by atoms with Crippen LogP contribution < -0.4 is 14.5 Å². The molecule has 1 N–H and O–H groups in total. The summed E-state index contributed by atoms with van der Waals surface area (Å²) in [5.74, 6) is 1.62. The number of aromatic nitrogens is 1. The highest BCUT2D eigenvalue weighted by Gasteiger charge is 2.19. The van der Waals surface area contributed by atoms with E-state index in [0.29, 0.717) is 6.26 Å². The number of ether oxygens (including phenoxy) is 2. The average Bonchev–Trinajstić information content (AvgIpc) is 3.31. The molecule has 0 bridgehead atoms. The number of H-pyrrole nitrogens is 1. The van der Waals surface area contributed by atoms with Crippen LogP contribution in [0.2, 0.25) is 0 Å². The molecule has 33 heavy (non-hydrogen) atoms. The van der Waals surface area contributed by atoms with Crippen molar-refractivity contribution >= 4 is 21.8 Å². The maximum absolute atomic E-state index is 9.08. The van der Waals surface area contributed by atoms with Gasteiger partial charge in [-0.25, -0.2) is 13.4 Å². The van der Waals surface area contributed by atoms with Crippen molar-refractivity contribution in [2.45, 2.75) is 31.8 Å². The van der Waals surface area contributed by atoms with E-state index < -0.39 is 10.1 Å². The van der Waals surface area contributed by atoms with E-state index in [1.807, 2.05) is 24.5 Å². The van der Waals surface area contributed by atoms with Gasteiger partial charge in [0, 0.05) is 18.4 Å². The van der Waals surface area contributed by atoms with Gasteiger partial charge in [-0.1, -0.05) is 36.4 Å². The summed E-state index contributed by atoms with van der Waals surface area (Å²) >= 11 is 0. The summed E-state index contributed by atoms with van der Waals surface area (Å²) in [6.07, 6.45) is 11.7. The van der Waals surface area contributed by atoms with Gasteiger partial charge in [-0.3, -0.25) is 0 Å². The highest BCUT2D eigenvalue weighted by molar-refractivity contribution is 7.84. The van der Waals surface area contributed by atoms with E-state index in [0.717, 1.165) is 41.0 Å². The van der Waals surface area contributed by atoms with Crippen LogP contribution in [0.15, 0.2) is 73.1 Å². The molecule has 1 heterocycles. The number of nitrogens with one attached hydrogen (secondary N) is 1. The third-order valence-corrected chi connectivity index (χ3v) is 5.21. The first-order valence-electron chi connectivity index (χ1n) is 10.8. The third-order valence-electron chi connectivity index (χ3n) is 5.21. The van der Waals surface area contributed by atoms with Gasteiger partial charge in [-0.15, -0.1) is 0 Å². The van der Waals surface area contributed by atoms with E-state index in [9.17, 15) is 0 Å². The van der Waals surface area contributed by atoms with Gasteiger partial charge in [0.25, 0.3) is 0 Å². The lowest BCUT2D eigenvalue weighted by Crippen LogP contribution is -2.11. The Balaban J connectivity index is 0.000000555. The van der Waals surface area contributed by atoms with Gasteiger partial charge >= 0.3 is 0 Å². The van der Waals surface area contributed by atoms with E-state index in [1.165, 1.54) is 18.4 Å². The number of pyridine rings is 1. The number of methoxy groups -OCH3 is 1. The van der Waals surface area contributed by atoms with Crippen molar-refractivity contribution in [2.75, 3.05) is 13.4 Å². The predicted octanol–water partition coefficient (Wildman–Crippen LogP) is 4.58. The molecule has 0 amide bonds. The lowest BCUT2D eigenvalue weighted by molar-refractivity contribution is -0.378. The third kappa shape index (κ3) is 8.04. The van der Waals surface area contributed by atoms with Gasteiger partial charge in [0.15, 0.2) is 23.9 Å². The minimum atomic E-state index is -3.92. The first-order chi connectivity index (χ1) is 15.8. The van der Waals surface area contributed by atoms with E-state index in [4.69, 9.17) is 22.4 Å². The molecule has 1 aliphatic rings. The van der Waals surface area contributed by atoms with Crippen molar-refractivity contribution in [3.8, 4) is 11.5 Å². The first-order valence-corrected chi connectivity index (χ1v) is 12.6. The summed E-state index contributed by atoms with van der Waals surface area (Å²) < 4.78 is 39.1. The maximum Gasteiger partial charge on any atom is 0.167 e. The number of benzene rings is 2. The van der Waals surface area contributed by atoms with Crippen molar-refractivity contribution in [1.82, 2.24) is 0 Å². The smallest absolute Gasteiger partial charge is 0.167 e. The molecule has 0 unspecified atom stereocenters. The summed E-state index contributed by atoms with van der Waals surface area (Å²) in [5, 5.41) is 0. The van der Waals surface area contributed by atoms with Gasteiger partial charge in [0.2, 0.25) is 0 Å². The number of hydrogen-bond acceptors (Lipinski definition) is 5. The Bertz CT molecular complexity index is 1150. The van der Waals surface area contributed by atoms with Crippen LogP contribution in [0, 0.1) is 0 Å². The molecule has 7 heteroatoms. The molecule has 174 valence electrons. The molecular formula is C26H29NO5S. The van der Waals surface area contributed by atoms with Gasteiger partial charge < -0.3 is 14.0 Å². The van der Waals surface area contributed by atoms with Crippen LogP contribution in [0.3, 0.4) is 0 Å². The van der Waals surface area contributed by atoms with E-state index in [2.05, 4.69) is 59.6 Å². The lowest BCUT2D eigenvalue weighted by atomic mass is 9.95. The Kier molecular flexibility index (Phi) is 8.63. The summed E-state index contributed by atoms with van der Waals surface area (Å²) in [6.45, 7) is 0. The lowest BCUT2D eigenvalue weighted by Gasteiger charge is -2.18. The van der Waals surface area contributed by atoms with Crippen molar-refractivity contribution in [1.29, 1.82) is 0 Å². The zero-order valence-electron chi connectivity index (χ0n) is 18.9. The van der Waals surface area contributed by atoms with Crippen LogP contribution in [0.1, 0.15) is 42.4 Å². The zero-order valence-corrected chi connectivity index (χ0v) is 19.7. The molecule has 4 rings (SSSR count). The first kappa shape index (κ1) is 24.5. The molecule has 0 atom stereocenters. The Hall–Kier alpha value is -3.16. The standard InChI is InChI=1S/C25H25NO2.CH4O3S/c1-27-24-12-11-21(18-25(24)28-22-9-5-6-10-22)23(20-7-3-2-4-8-20)17-19-13-15-26-16-14-19;1-5(2,3)4/h2-4,7-8,11-18,22H,5-6,9-10H2,1H3;1H3,(H,2,3,4)/b23-17-;. The summed E-state index contributed by atoms with van der Waals surface area (Å²) in [7, 11) is -2.22. The highest BCUT2D eigenvalue weighted by Crippen LogP contribution is 2.36. The van der Waals surface area contributed by atoms with Crippen LogP contribution in [0.4, 0.5) is 0 Å². The normalized spacial score (nSPS) is 14.3. The SMILES string of the molecule is COc1ccc(/C(=C\c2cc[nH+]cc2)c2ccccc2)cc1OC1CCCC1.CS(=O)(=O)[O-]. The monoisotopic (exact) mass is 467 g/mol. The predicted molar refractivity (Wildman–Crippen MR) is 128 cm³/mol. The van der Waals surface area contributed by atoms with Crippen molar-refractivity contribution in [3.63, 3.8) is 0 Å². The molecule has 0 radical (unpaired) electrons. The van der Waals surface area contributed by atoms with E-state index >= 15 is 0 Å². The zero-order chi connectivity index (χ0) is 23.7. The Morgan fingerprint density at radius 1 is 0.970 bits per heavy atom. The molecule has 0 spiro atoms. The number of hydrogen-bond donors (Lipinski definition) is 0. The van der Waals surface area contributed by atoms with Gasteiger partial charge in [0.05, 0.1) is 23.3 Å². The Labute approximate surface area is 195 Å². The summed E-state index contributed by atoms with van der Waals surface area (Å²) in [4.78, 5) is 3.08. The largest absolute Gasteiger partial charge is 0.748 e. The molecule has 0 aliphatic heterocycles. The summed E-state index contributed by atoms with van der Waals surface area (Å²) in [5.41, 5.74) is 4.59. The molecule has 6 nitrogen and oxygen atoms in total. The molecule has 2 aromatic carbocycles. The summed E-state index contributed by atoms with van der Waals surface area (Å²) in [6, 6.07) is 20.8. The molecule has 1 aliphatic carbocycles. The van der Waals surface area contributed by atoms with Gasteiger partial charge in [-0.05, 0) is 66.2 Å². The second kappa shape index (κ2) is 11.6. The second-order valence-corrected chi connectivity index (χ2v) is 9.26. The average molecular weight is 468 g/mol. The van der Waals surface area contributed by atoms with E-state index in [-0.39, 0.29) is 6.10 Å². The van der Waals surface area contributed by atoms with Crippen LogP contribution >= 0.6 is 0 Å².